The molecule has 0 aromatic rings. The lowest BCUT2D eigenvalue weighted by Gasteiger charge is -2.65. The SMILES string of the molecule is CC(C)C(O)CNC(=O)C1(N)C2CCCOC2C1(C)C. The van der Waals surface area contributed by atoms with Crippen molar-refractivity contribution in [3.63, 3.8) is 0 Å². The van der Waals surface area contributed by atoms with Crippen LogP contribution in [0, 0.1) is 17.3 Å². The van der Waals surface area contributed by atoms with Crippen LogP contribution >= 0.6 is 0 Å². The van der Waals surface area contributed by atoms with E-state index in [1.54, 1.807) is 0 Å². The van der Waals surface area contributed by atoms with E-state index in [9.17, 15) is 9.90 Å². The lowest BCUT2D eigenvalue weighted by Crippen LogP contribution is -2.82. The van der Waals surface area contributed by atoms with Gasteiger partial charge < -0.3 is 20.9 Å². The van der Waals surface area contributed by atoms with E-state index in [4.69, 9.17) is 10.5 Å². The quantitative estimate of drug-likeness (QED) is 0.708. The van der Waals surface area contributed by atoms with Crippen molar-refractivity contribution >= 4 is 5.91 Å². The summed E-state index contributed by atoms with van der Waals surface area (Å²) in [7, 11) is 0. The standard InChI is InChI=1S/C15H28N2O3/c1-9(2)11(18)8-17-13(19)15(16)10-6-5-7-20-12(10)14(15,3)4/h9-12,18H,5-8,16H2,1-4H3,(H,17,19). The summed E-state index contributed by atoms with van der Waals surface area (Å²) < 4.78 is 5.79. The van der Waals surface area contributed by atoms with Crippen LogP contribution in [0.15, 0.2) is 0 Å². The van der Waals surface area contributed by atoms with Crippen LogP contribution in [0.3, 0.4) is 0 Å². The van der Waals surface area contributed by atoms with Crippen molar-refractivity contribution in [2.24, 2.45) is 23.0 Å². The first-order chi connectivity index (χ1) is 9.23. The zero-order valence-corrected chi connectivity index (χ0v) is 13.0. The molecule has 0 bridgehead atoms. The predicted molar refractivity (Wildman–Crippen MR) is 77.0 cm³/mol. The van der Waals surface area contributed by atoms with Crippen molar-refractivity contribution in [2.45, 2.75) is 58.3 Å². The van der Waals surface area contributed by atoms with Gasteiger partial charge in [-0.15, -0.1) is 0 Å². The third-order valence-corrected chi connectivity index (χ3v) is 5.30. The average Bonchev–Trinajstić information content (AvgIpc) is 2.43. The maximum atomic E-state index is 12.5. The van der Waals surface area contributed by atoms with Gasteiger partial charge in [-0.1, -0.05) is 27.7 Å². The Morgan fingerprint density at radius 1 is 1.50 bits per heavy atom. The van der Waals surface area contributed by atoms with Crippen molar-refractivity contribution in [2.75, 3.05) is 13.2 Å². The molecule has 5 nitrogen and oxygen atoms in total. The lowest BCUT2D eigenvalue weighted by molar-refractivity contribution is -0.225. The molecule has 20 heavy (non-hydrogen) atoms. The topological polar surface area (TPSA) is 84.6 Å². The Bertz CT molecular complexity index is 383. The third kappa shape index (κ3) is 2.16. The Balaban J connectivity index is 2.04. The summed E-state index contributed by atoms with van der Waals surface area (Å²) in [4.78, 5) is 12.5. The molecule has 4 atom stereocenters. The zero-order chi connectivity index (χ0) is 15.1. The summed E-state index contributed by atoms with van der Waals surface area (Å²) >= 11 is 0. The molecule has 2 aliphatic rings. The summed E-state index contributed by atoms with van der Waals surface area (Å²) in [5, 5.41) is 12.6. The van der Waals surface area contributed by atoms with Crippen LogP contribution in [-0.2, 0) is 9.53 Å². The van der Waals surface area contributed by atoms with Crippen molar-refractivity contribution < 1.29 is 14.6 Å². The Hall–Kier alpha value is -0.650. The normalized spacial score (nSPS) is 37.0. The number of hydrogen-bond acceptors (Lipinski definition) is 4. The van der Waals surface area contributed by atoms with Crippen LogP contribution < -0.4 is 11.1 Å². The van der Waals surface area contributed by atoms with Gasteiger partial charge in [0.1, 0.15) is 5.54 Å². The smallest absolute Gasteiger partial charge is 0.241 e. The van der Waals surface area contributed by atoms with E-state index >= 15 is 0 Å². The largest absolute Gasteiger partial charge is 0.391 e. The van der Waals surface area contributed by atoms with Gasteiger partial charge in [0, 0.05) is 24.5 Å². The van der Waals surface area contributed by atoms with E-state index in [1.165, 1.54) is 0 Å². The minimum Gasteiger partial charge on any atom is -0.391 e. The fraction of sp³-hybridized carbons (Fsp3) is 0.933. The van der Waals surface area contributed by atoms with Crippen LogP contribution in [0.4, 0.5) is 0 Å². The van der Waals surface area contributed by atoms with Gasteiger partial charge in [-0.05, 0) is 18.8 Å². The molecule has 1 aliphatic carbocycles. The van der Waals surface area contributed by atoms with Crippen LogP contribution in [0.1, 0.15) is 40.5 Å². The summed E-state index contributed by atoms with van der Waals surface area (Å²) in [5.41, 5.74) is 5.20. The molecule has 2 fully saturated rings. The van der Waals surface area contributed by atoms with Crippen LogP contribution in [0.2, 0.25) is 0 Å². The van der Waals surface area contributed by atoms with Gasteiger partial charge in [0.05, 0.1) is 12.2 Å². The number of fused-ring (bicyclic) bond motifs is 1. The predicted octanol–water partition coefficient (Wildman–Crippen LogP) is 0.652. The molecular formula is C15H28N2O3. The molecule has 4 N–H and O–H groups in total. The van der Waals surface area contributed by atoms with Crippen LogP contribution in [0.25, 0.3) is 0 Å². The molecule has 0 aromatic carbocycles. The minimum absolute atomic E-state index is 0.0713. The number of nitrogens with one attached hydrogen (secondary N) is 1. The highest BCUT2D eigenvalue weighted by Gasteiger charge is 2.70. The summed E-state index contributed by atoms with van der Waals surface area (Å²) in [6.07, 6.45) is 1.43. The monoisotopic (exact) mass is 284 g/mol. The first-order valence-electron chi connectivity index (χ1n) is 7.59. The molecule has 0 radical (unpaired) electrons. The van der Waals surface area contributed by atoms with Crippen LogP contribution in [-0.4, -0.2) is 41.9 Å². The Morgan fingerprint density at radius 3 is 2.75 bits per heavy atom. The lowest BCUT2D eigenvalue weighted by atomic mass is 9.46. The van der Waals surface area contributed by atoms with Crippen molar-refractivity contribution in [1.29, 1.82) is 0 Å². The van der Waals surface area contributed by atoms with Crippen LogP contribution in [0.5, 0.6) is 0 Å². The molecular weight excluding hydrogens is 256 g/mol. The molecule has 1 heterocycles. The van der Waals surface area contributed by atoms with Crippen molar-refractivity contribution in [3.05, 3.63) is 0 Å². The maximum absolute atomic E-state index is 12.5. The highest BCUT2D eigenvalue weighted by atomic mass is 16.5. The molecule has 116 valence electrons. The number of carbonyl (C=O) groups is 1. The first-order valence-corrected chi connectivity index (χ1v) is 7.59. The number of aliphatic hydroxyl groups is 1. The van der Waals surface area contributed by atoms with E-state index in [0.29, 0.717) is 0 Å². The van der Waals surface area contributed by atoms with Gasteiger partial charge in [-0.2, -0.15) is 0 Å². The molecule has 5 heteroatoms. The molecule has 4 unspecified atom stereocenters. The number of nitrogens with two attached hydrogens (primary N) is 1. The molecule has 0 spiro atoms. The van der Waals surface area contributed by atoms with E-state index in [0.717, 1.165) is 19.4 Å². The first kappa shape index (κ1) is 15.7. The van der Waals surface area contributed by atoms with Gasteiger partial charge in [0.15, 0.2) is 0 Å². The number of hydrogen-bond donors (Lipinski definition) is 3. The summed E-state index contributed by atoms with van der Waals surface area (Å²) in [5.74, 6) is 0.0422. The van der Waals surface area contributed by atoms with Gasteiger partial charge in [0.25, 0.3) is 0 Å². The third-order valence-electron chi connectivity index (χ3n) is 5.30. The van der Waals surface area contributed by atoms with Gasteiger partial charge in [-0.25, -0.2) is 0 Å². The Labute approximate surface area is 121 Å². The summed E-state index contributed by atoms with van der Waals surface area (Å²) in [6.45, 7) is 8.86. The fourth-order valence-electron chi connectivity index (χ4n) is 3.62. The Morgan fingerprint density at radius 2 is 2.15 bits per heavy atom. The molecule has 2 rings (SSSR count). The van der Waals surface area contributed by atoms with E-state index < -0.39 is 11.6 Å². The molecule has 1 amide bonds. The number of aliphatic hydroxyl groups excluding tert-OH is 1. The van der Waals surface area contributed by atoms with E-state index in [2.05, 4.69) is 5.32 Å². The highest BCUT2D eigenvalue weighted by molar-refractivity contribution is 5.89. The Kier molecular flexibility index (Phi) is 4.15. The summed E-state index contributed by atoms with van der Waals surface area (Å²) in [6, 6.07) is 0. The van der Waals surface area contributed by atoms with Gasteiger partial charge in [0.2, 0.25) is 5.91 Å². The highest BCUT2D eigenvalue weighted by Crippen LogP contribution is 2.57. The van der Waals surface area contributed by atoms with Crippen molar-refractivity contribution in [1.82, 2.24) is 5.32 Å². The van der Waals surface area contributed by atoms with Gasteiger partial charge in [-0.3, -0.25) is 4.79 Å². The molecule has 1 saturated carbocycles. The minimum atomic E-state index is -0.894. The average molecular weight is 284 g/mol. The zero-order valence-electron chi connectivity index (χ0n) is 13.0. The maximum Gasteiger partial charge on any atom is 0.241 e. The number of carbonyl (C=O) groups excluding carboxylic acids is 1. The fourth-order valence-corrected chi connectivity index (χ4v) is 3.62. The van der Waals surface area contributed by atoms with Gasteiger partial charge >= 0.3 is 0 Å². The second-order valence-electron chi connectivity index (χ2n) is 7.15. The van der Waals surface area contributed by atoms with Crippen molar-refractivity contribution in [3.8, 4) is 0 Å². The number of amides is 1. The molecule has 1 saturated heterocycles. The number of rotatable bonds is 4. The molecule has 0 aromatic heterocycles. The number of ether oxygens (including phenoxy) is 1. The second kappa shape index (κ2) is 5.28. The van der Waals surface area contributed by atoms with E-state index in [1.807, 2.05) is 27.7 Å². The molecule has 1 aliphatic heterocycles. The van der Waals surface area contributed by atoms with E-state index in [-0.39, 0.29) is 35.8 Å². The second-order valence-corrected chi connectivity index (χ2v) is 7.15.